The van der Waals surface area contributed by atoms with E-state index >= 15 is 0 Å². The average molecular weight is 423 g/mol. The van der Waals surface area contributed by atoms with E-state index in [1.807, 2.05) is 6.07 Å². The summed E-state index contributed by atoms with van der Waals surface area (Å²) < 4.78 is 6.15. The van der Waals surface area contributed by atoms with Crippen molar-refractivity contribution in [3.63, 3.8) is 0 Å². The average Bonchev–Trinajstić information content (AvgIpc) is 3.27. The minimum Gasteiger partial charge on any atom is -0.539 e. The zero-order valence-electron chi connectivity index (χ0n) is 16.4. The van der Waals surface area contributed by atoms with Crippen LogP contribution in [0.25, 0.3) is 5.69 Å². The number of rotatable bonds is 6. The van der Waals surface area contributed by atoms with E-state index in [0.717, 1.165) is 4.90 Å². The molecule has 1 unspecified atom stereocenters. The molecular formula is C20H17N5O6. The molecule has 1 saturated heterocycles. The predicted molar refractivity (Wildman–Crippen MR) is 103 cm³/mol. The number of imide groups is 1. The quantitative estimate of drug-likeness (QED) is 0.244. The Kier molecular flexibility index (Phi) is 5.17. The first kappa shape index (κ1) is 20.2. The van der Waals surface area contributed by atoms with Crippen LogP contribution in [-0.2, 0) is 16.1 Å². The normalized spacial score (nSPS) is 16.3. The molecular weight excluding hydrogens is 406 g/mol. The van der Waals surface area contributed by atoms with Crippen molar-refractivity contribution >= 4 is 23.2 Å². The third kappa shape index (κ3) is 3.73. The van der Waals surface area contributed by atoms with Crippen LogP contribution in [0.1, 0.15) is 12.1 Å². The highest BCUT2D eigenvalue weighted by atomic mass is 16.6. The number of para-hydroxylation sites is 1. The number of aromatic nitrogens is 2. The highest BCUT2D eigenvalue weighted by molar-refractivity contribution is 6.22. The summed E-state index contributed by atoms with van der Waals surface area (Å²) in [6.07, 6.45) is -0.0862. The molecule has 0 bridgehead atoms. The number of carbonyl (C=O) groups excluding carboxylic acids is 2. The fourth-order valence-electron chi connectivity index (χ4n) is 3.47. The molecule has 0 spiro atoms. The summed E-state index contributed by atoms with van der Waals surface area (Å²) in [5.74, 6) is -1.55. The SMILES string of the molecule is CN(Cc1c([O-])on[n+]1-c1ccccc1)C1CC(=O)N(c2ccc([N+](=O)[O-])cc2)C1=O. The van der Waals surface area contributed by atoms with Gasteiger partial charge < -0.3 is 9.63 Å². The van der Waals surface area contributed by atoms with Crippen LogP contribution in [-0.4, -0.2) is 40.0 Å². The Balaban J connectivity index is 1.55. The predicted octanol–water partition coefficient (Wildman–Crippen LogP) is 0.697. The summed E-state index contributed by atoms with van der Waals surface area (Å²) >= 11 is 0. The highest BCUT2D eigenvalue weighted by Gasteiger charge is 2.42. The number of nitro groups is 1. The molecule has 158 valence electrons. The maximum atomic E-state index is 13.0. The maximum absolute atomic E-state index is 13.0. The molecule has 0 N–H and O–H groups in total. The van der Waals surface area contributed by atoms with Crippen molar-refractivity contribution < 1.29 is 28.8 Å². The largest absolute Gasteiger partial charge is 0.539 e. The van der Waals surface area contributed by atoms with E-state index in [1.165, 1.54) is 28.9 Å². The van der Waals surface area contributed by atoms with E-state index in [1.54, 1.807) is 36.2 Å². The number of hydrogen-bond acceptors (Lipinski definition) is 8. The van der Waals surface area contributed by atoms with Crippen LogP contribution >= 0.6 is 0 Å². The summed E-state index contributed by atoms with van der Waals surface area (Å²) in [6.45, 7) is 0.0228. The summed E-state index contributed by atoms with van der Waals surface area (Å²) in [5, 5.41) is 26.8. The van der Waals surface area contributed by atoms with Gasteiger partial charge in [0.15, 0.2) is 5.95 Å². The van der Waals surface area contributed by atoms with Gasteiger partial charge in [-0.15, -0.1) is 0 Å². The molecule has 0 saturated carbocycles. The van der Waals surface area contributed by atoms with Crippen LogP contribution < -0.4 is 14.7 Å². The molecule has 4 rings (SSSR count). The van der Waals surface area contributed by atoms with Gasteiger partial charge in [0.2, 0.25) is 11.6 Å². The van der Waals surface area contributed by atoms with Crippen molar-refractivity contribution in [3.05, 3.63) is 70.4 Å². The fourth-order valence-corrected chi connectivity index (χ4v) is 3.47. The second-order valence-corrected chi connectivity index (χ2v) is 7.03. The molecule has 11 nitrogen and oxygen atoms in total. The molecule has 2 aromatic carbocycles. The molecule has 1 fully saturated rings. The van der Waals surface area contributed by atoms with Crippen molar-refractivity contribution in [2.45, 2.75) is 19.0 Å². The monoisotopic (exact) mass is 423 g/mol. The van der Waals surface area contributed by atoms with Gasteiger partial charge in [0, 0.05) is 24.3 Å². The summed E-state index contributed by atoms with van der Waals surface area (Å²) in [6, 6.07) is 13.3. The van der Waals surface area contributed by atoms with Gasteiger partial charge >= 0.3 is 0 Å². The summed E-state index contributed by atoms with van der Waals surface area (Å²) in [5.41, 5.74) is 0.948. The number of hydrogen-bond donors (Lipinski definition) is 0. The molecule has 0 radical (unpaired) electrons. The van der Waals surface area contributed by atoms with Crippen molar-refractivity contribution in [2.75, 3.05) is 11.9 Å². The molecule has 0 aliphatic carbocycles. The Morgan fingerprint density at radius 1 is 1.19 bits per heavy atom. The third-order valence-corrected chi connectivity index (χ3v) is 5.07. The molecule has 1 aromatic heterocycles. The Bertz CT molecular complexity index is 1140. The standard InChI is InChI=1S/C20H17N5O6/c1-22(12-17-20(28)31-21-24(17)14-5-3-2-4-6-14)16-11-18(26)23(19(16)27)13-7-9-15(10-8-13)25(29)30/h2-10,16H,11-12H2,1H3. The van der Waals surface area contributed by atoms with Gasteiger partial charge in [-0.3, -0.25) is 24.6 Å². The molecule has 3 aromatic rings. The number of anilines is 1. The van der Waals surface area contributed by atoms with Gasteiger partial charge in [0.1, 0.15) is 0 Å². The molecule has 31 heavy (non-hydrogen) atoms. The maximum Gasteiger partial charge on any atom is 0.269 e. The molecule has 1 atom stereocenters. The second kappa shape index (κ2) is 7.95. The molecule has 2 amide bonds. The zero-order chi connectivity index (χ0) is 22.1. The van der Waals surface area contributed by atoms with Crippen LogP contribution in [0.2, 0.25) is 0 Å². The molecule has 1 aliphatic heterocycles. The Morgan fingerprint density at radius 3 is 2.52 bits per heavy atom. The summed E-state index contributed by atoms with van der Waals surface area (Å²) in [4.78, 5) is 38.3. The third-order valence-electron chi connectivity index (χ3n) is 5.07. The lowest BCUT2D eigenvalue weighted by molar-refractivity contribution is -0.678. The first-order valence-electron chi connectivity index (χ1n) is 9.31. The lowest BCUT2D eigenvalue weighted by Gasteiger charge is -2.21. The summed E-state index contributed by atoms with van der Waals surface area (Å²) in [7, 11) is 1.62. The Morgan fingerprint density at radius 2 is 1.87 bits per heavy atom. The number of nitro benzene ring substituents is 1. The van der Waals surface area contributed by atoms with Gasteiger partial charge in [-0.25, -0.2) is 4.90 Å². The molecule has 2 heterocycles. The second-order valence-electron chi connectivity index (χ2n) is 7.03. The van der Waals surface area contributed by atoms with Crippen LogP contribution in [0.5, 0.6) is 5.95 Å². The van der Waals surface area contributed by atoms with Crippen LogP contribution in [0.3, 0.4) is 0 Å². The van der Waals surface area contributed by atoms with Crippen molar-refractivity contribution in [1.29, 1.82) is 0 Å². The number of nitrogens with zero attached hydrogens (tertiary/aromatic N) is 5. The van der Waals surface area contributed by atoms with Gasteiger partial charge in [0.25, 0.3) is 17.3 Å². The highest BCUT2D eigenvalue weighted by Crippen LogP contribution is 2.28. The van der Waals surface area contributed by atoms with E-state index < -0.39 is 28.7 Å². The first-order chi connectivity index (χ1) is 14.9. The van der Waals surface area contributed by atoms with E-state index in [9.17, 15) is 24.8 Å². The Labute approximate surface area is 175 Å². The number of carbonyl (C=O) groups is 2. The molecule has 1 aliphatic rings. The first-order valence-corrected chi connectivity index (χ1v) is 9.31. The van der Waals surface area contributed by atoms with Gasteiger partial charge in [-0.2, -0.15) is 0 Å². The van der Waals surface area contributed by atoms with Crippen LogP contribution in [0.4, 0.5) is 11.4 Å². The zero-order valence-corrected chi connectivity index (χ0v) is 16.4. The van der Waals surface area contributed by atoms with E-state index in [2.05, 4.69) is 5.27 Å². The lowest BCUT2D eigenvalue weighted by atomic mass is 10.2. The minimum absolute atomic E-state index is 0.0228. The van der Waals surface area contributed by atoms with Crippen LogP contribution in [0, 0.1) is 10.1 Å². The number of non-ortho nitro benzene ring substituents is 1. The van der Waals surface area contributed by atoms with E-state index in [0.29, 0.717) is 5.69 Å². The van der Waals surface area contributed by atoms with Gasteiger partial charge in [-0.1, -0.05) is 18.2 Å². The van der Waals surface area contributed by atoms with Crippen molar-refractivity contribution in [2.24, 2.45) is 0 Å². The number of benzene rings is 2. The van der Waals surface area contributed by atoms with E-state index in [4.69, 9.17) is 4.52 Å². The fraction of sp³-hybridized carbons (Fsp3) is 0.200. The Hall–Kier alpha value is -4.12. The van der Waals surface area contributed by atoms with Crippen molar-refractivity contribution in [3.8, 4) is 11.6 Å². The minimum atomic E-state index is -0.804. The number of likely N-dealkylation sites (N-methyl/N-ethyl adjacent to an activating group) is 1. The van der Waals surface area contributed by atoms with Crippen LogP contribution in [0.15, 0.2) is 59.1 Å². The van der Waals surface area contributed by atoms with Crippen molar-refractivity contribution in [1.82, 2.24) is 10.2 Å². The smallest absolute Gasteiger partial charge is 0.269 e. The molecule has 11 heteroatoms. The van der Waals surface area contributed by atoms with Gasteiger partial charge in [0.05, 0.1) is 34.9 Å². The van der Waals surface area contributed by atoms with E-state index in [-0.39, 0.29) is 30.0 Å². The van der Waals surface area contributed by atoms with Gasteiger partial charge in [-0.05, 0) is 23.9 Å². The topological polar surface area (TPSA) is 137 Å². The number of amides is 2. The lowest BCUT2D eigenvalue weighted by Crippen LogP contribution is -2.44.